The van der Waals surface area contributed by atoms with Crippen molar-refractivity contribution >= 4 is 38.9 Å². The van der Waals surface area contributed by atoms with E-state index in [1.165, 1.54) is 6.33 Å². The molecule has 0 aliphatic heterocycles. The van der Waals surface area contributed by atoms with Crippen molar-refractivity contribution < 1.29 is 4.92 Å². The smallest absolute Gasteiger partial charge is 0.353 e. The Balaban J connectivity index is 2.43. The number of aromatic nitrogens is 2. The Morgan fingerprint density at radius 2 is 1.90 bits per heavy atom. The molecule has 0 spiro atoms. The third kappa shape index (κ3) is 3.02. The zero-order chi connectivity index (χ0) is 14.7. The van der Waals surface area contributed by atoms with Gasteiger partial charge in [0.25, 0.3) is 0 Å². The Hall–Kier alpha value is -2.22. The number of nitro groups is 1. The maximum Gasteiger partial charge on any atom is 0.353 e. The average Bonchev–Trinajstić information content (AvgIpc) is 2.40. The minimum Gasteiger partial charge on any atom is -0.357 e. The molecule has 0 atom stereocenters. The van der Waals surface area contributed by atoms with E-state index in [0.717, 1.165) is 4.47 Å². The molecule has 0 amide bonds. The first-order chi connectivity index (χ1) is 9.49. The first-order valence-electron chi connectivity index (χ1n) is 5.68. The van der Waals surface area contributed by atoms with Crippen LogP contribution in [0.1, 0.15) is 0 Å². The molecule has 1 N–H and O–H groups in total. The van der Waals surface area contributed by atoms with Crippen molar-refractivity contribution in [2.45, 2.75) is 0 Å². The van der Waals surface area contributed by atoms with Crippen molar-refractivity contribution in [3.63, 3.8) is 0 Å². The van der Waals surface area contributed by atoms with Gasteiger partial charge in [-0.25, -0.2) is 9.97 Å². The van der Waals surface area contributed by atoms with Crippen LogP contribution in [0.25, 0.3) is 0 Å². The lowest BCUT2D eigenvalue weighted by Crippen LogP contribution is -2.14. The van der Waals surface area contributed by atoms with Crippen molar-refractivity contribution in [2.24, 2.45) is 0 Å². The summed E-state index contributed by atoms with van der Waals surface area (Å²) in [7, 11) is 3.39. The Bertz CT molecular complexity index is 630. The number of nitrogens with zero attached hydrogens (tertiary/aromatic N) is 4. The second kappa shape index (κ2) is 5.83. The summed E-state index contributed by atoms with van der Waals surface area (Å²) in [5, 5.41) is 14.2. The fourth-order valence-corrected chi connectivity index (χ4v) is 1.89. The second-order valence-electron chi connectivity index (χ2n) is 4.18. The summed E-state index contributed by atoms with van der Waals surface area (Å²) >= 11 is 3.33. The van der Waals surface area contributed by atoms with E-state index in [1.807, 2.05) is 12.1 Å². The van der Waals surface area contributed by atoms with E-state index in [-0.39, 0.29) is 17.3 Å². The van der Waals surface area contributed by atoms with Gasteiger partial charge in [-0.2, -0.15) is 0 Å². The highest BCUT2D eigenvalue weighted by Crippen LogP contribution is 2.32. The molecule has 104 valence electrons. The molecule has 2 aromatic rings. The monoisotopic (exact) mass is 337 g/mol. The standard InChI is InChI=1S/C12H12BrN5O2/c1-17(2)12-10(18(19)20)11(14-7-15-12)16-9-5-3-8(13)4-6-9/h3-7H,1-2H3,(H,14,15,16). The summed E-state index contributed by atoms with van der Waals surface area (Å²) in [5.41, 5.74) is 0.556. The van der Waals surface area contributed by atoms with Crippen LogP contribution in [-0.2, 0) is 0 Å². The fraction of sp³-hybridized carbons (Fsp3) is 0.167. The SMILES string of the molecule is CN(C)c1ncnc(Nc2ccc(Br)cc2)c1[N+](=O)[O-]. The van der Waals surface area contributed by atoms with Gasteiger partial charge in [0.05, 0.1) is 4.92 Å². The predicted octanol–water partition coefficient (Wildman–Crippen LogP) is 2.96. The van der Waals surface area contributed by atoms with Crippen LogP contribution in [0.3, 0.4) is 0 Å². The molecule has 0 aliphatic carbocycles. The maximum absolute atomic E-state index is 11.2. The molecule has 1 aromatic heterocycles. The summed E-state index contributed by atoms with van der Waals surface area (Å²) in [5.74, 6) is 0.417. The Labute approximate surface area is 123 Å². The number of halogens is 1. The van der Waals surface area contributed by atoms with Crippen LogP contribution >= 0.6 is 15.9 Å². The molecule has 7 nitrogen and oxygen atoms in total. The van der Waals surface area contributed by atoms with Gasteiger partial charge in [0.15, 0.2) is 0 Å². The zero-order valence-corrected chi connectivity index (χ0v) is 12.5. The lowest BCUT2D eigenvalue weighted by molar-refractivity contribution is -0.383. The van der Waals surface area contributed by atoms with E-state index in [0.29, 0.717) is 5.69 Å². The Kier molecular flexibility index (Phi) is 4.14. The van der Waals surface area contributed by atoms with E-state index in [2.05, 4.69) is 31.2 Å². The normalized spacial score (nSPS) is 10.2. The fourth-order valence-electron chi connectivity index (χ4n) is 1.63. The van der Waals surface area contributed by atoms with E-state index in [4.69, 9.17) is 0 Å². The molecular formula is C12H12BrN5O2. The molecule has 0 unspecified atom stereocenters. The molecule has 0 aliphatic rings. The summed E-state index contributed by atoms with van der Waals surface area (Å²) in [6.07, 6.45) is 1.30. The van der Waals surface area contributed by atoms with Crippen LogP contribution in [0.2, 0.25) is 0 Å². The molecule has 8 heteroatoms. The van der Waals surface area contributed by atoms with Gasteiger partial charge >= 0.3 is 5.69 Å². The van der Waals surface area contributed by atoms with Gasteiger partial charge < -0.3 is 10.2 Å². The second-order valence-corrected chi connectivity index (χ2v) is 5.09. The Morgan fingerprint density at radius 3 is 2.45 bits per heavy atom. The highest BCUT2D eigenvalue weighted by Gasteiger charge is 2.24. The summed E-state index contributed by atoms with van der Waals surface area (Å²) < 4.78 is 0.925. The highest BCUT2D eigenvalue weighted by atomic mass is 79.9. The summed E-state index contributed by atoms with van der Waals surface area (Å²) in [6, 6.07) is 7.26. The summed E-state index contributed by atoms with van der Waals surface area (Å²) in [4.78, 5) is 20.2. The van der Waals surface area contributed by atoms with Crippen molar-refractivity contribution in [2.75, 3.05) is 24.3 Å². The highest BCUT2D eigenvalue weighted by molar-refractivity contribution is 9.10. The van der Waals surface area contributed by atoms with Crippen molar-refractivity contribution in [3.8, 4) is 0 Å². The van der Waals surface area contributed by atoms with Gasteiger partial charge in [0, 0.05) is 24.3 Å². The average molecular weight is 338 g/mol. The molecular weight excluding hydrogens is 326 g/mol. The number of nitrogens with one attached hydrogen (secondary N) is 1. The van der Waals surface area contributed by atoms with Gasteiger partial charge in [0.1, 0.15) is 6.33 Å². The number of rotatable bonds is 4. The van der Waals surface area contributed by atoms with Gasteiger partial charge in [-0.3, -0.25) is 10.1 Å². The minimum atomic E-state index is -0.490. The van der Waals surface area contributed by atoms with Crippen molar-refractivity contribution in [1.29, 1.82) is 0 Å². The van der Waals surface area contributed by atoms with Crippen LogP contribution in [0.4, 0.5) is 23.0 Å². The van der Waals surface area contributed by atoms with E-state index < -0.39 is 4.92 Å². The van der Waals surface area contributed by atoms with E-state index >= 15 is 0 Å². The zero-order valence-electron chi connectivity index (χ0n) is 10.9. The topological polar surface area (TPSA) is 84.2 Å². The number of benzene rings is 1. The first kappa shape index (κ1) is 14.2. The summed E-state index contributed by atoms with van der Waals surface area (Å²) in [6.45, 7) is 0. The van der Waals surface area contributed by atoms with Crippen LogP contribution in [0.5, 0.6) is 0 Å². The number of anilines is 3. The number of hydrogen-bond donors (Lipinski definition) is 1. The van der Waals surface area contributed by atoms with Crippen molar-refractivity contribution in [3.05, 3.63) is 45.2 Å². The van der Waals surface area contributed by atoms with Crippen LogP contribution in [-0.4, -0.2) is 29.0 Å². The molecule has 0 radical (unpaired) electrons. The van der Waals surface area contributed by atoms with Crippen LogP contribution < -0.4 is 10.2 Å². The third-order valence-electron chi connectivity index (χ3n) is 2.52. The molecule has 0 fully saturated rings. The molecule has 2 rings (SSSR count). The Morgan fingerprint density at radius 1 is 1.25 bits per heavy atom. The van der Waals surface area contributed by atoms with Crippen molar-refractivity contribution in [1.82, 2.24) is 9.97 Å². The van der Waals surface area contributed by atoms with Gasteiger partial charge in [-0.1, -0.05) is 15.9 Å². The van der Waals surface area contributed by atoms with Gasteiger partial charge in [-0.05, 0) is 24.3 Å². The molecule has 1 heterocycles. The molecule has 20 heavy (non-hydrogen) atoms. The molecule has 0 saturated heterocycles. The molecule has 1 aromatic carbocycles. The molecule has 0 bridgehead atoms. The lowest BCUT2D eigenvalue weighted by Gasteiger charge is -2.13. The lowest BCUT2D eigenvalue weighted by atomic mass is 10.3. The largest absolute Gasteiger partial charge is 0.357 e. The van der Waals surface area contributed by atoms with Crippen LogP contribution in [0, 0.1) is 10.1 Å². The quantitative estimate of drug-likeness (QED) is 0.682. The molecule has 0 saturated carbocycles. The van der Waals surface area contributed by atoms with Gasteiger partial charge in [-0.15, -0.1) is 0 Å². The van der Waals surface area contributed by atoms with E-state index in [9.17, 15) is 10.1 Å². The van der Waals surface area contributed by atoms with E-state index in [1.54, 1.807) is 31.1 Å². The first-order valence-corrected chi connectivity index (χ1v) is 6.47. The third-order valence-corrected chi connectivity index (χ3v) is 3.04. The predicted molar refractivity (Wildman–Crippen MR) is 80.4 cm³/mol. The maximum atomic E-state index is 11.2. The number of hydrogen-bond acceptors (Lipinski definition) is 6. The van der Waals surface area contributed by atoms with Crippen LogP contribution in [0.15, 0.2) is 35.1 Å². The minimum absolute atomic E-state index is 0.152. The van der Waals surface area contributed by atoms with Gasteiger partial charge in [0.2, 0.25) is 11.6 Å².